The molecule has 0 bridgehead atoms. The van der Waals surface area contributed by atoms with Crippen LogP contribution in [0.3, 0.4) is 0 Å². The van der Waals surface area contributed by atoms with E-state index in [0.29, 0.717) is 5.69 Å². The number of nitrogens with zero attached hydrogens (tertiary/aromatic N) is 1. The van der Waals surface area contributed by atoms with Gasteiger partial charge < -0.3 is 10.4 Å². The molecule has 0 atom stereocenters. The van der Waals surface area contributed by atoms with Crippen molar-refractivity contribution in [1.82, 2.24) is 4.57 Å². The van der Waals surface area contributed by atoms with Gasteiger partial charge in [0.1, 0.15) is 0 Å². The average molecular weight is 296 g/mol. The predicted molar refractivity (Wildman–Crippen MR) is 82.1 cm³/mol. The van der Waals surface area contributed by atoms with E-state index in [2.05, 4.69) is 5.32 Å². The van der Waals surface area contributed by atoms with Crippen molar-refractivity contribution in [2.45, 2.75) is 31.1 Å². The van der Waals surface area contributed by atoms with Crippen molar-refractivity contribution in [3.8, 4) is 11.3 Å². The van der Waals surface area contributed by atoms with E-state index in [4.69, 9.17) is 0 Å². The molecule has 1 aliphatic heterocycles. The second kappa shape index (κ2) is 4.47. The Kier molecular flexibility index (Phi) is 2.66. The zero-order chi connectivity index (χ0) is 15.3. The van der Waals surface area contributed by atoms with Gasteiger partial charge in [0.05, 0.1) is 11.1 Å². The Morgan fingerprint density at radius 3 is 2.73 bits per heavy atom. The van der Waals surface area contributed by atoms with Gasteiger partial charge in [-0.15, -0.1) is 0 Å². The molecule has 22 heavy (non-hydrogen) atoms. The number of hydrogen-bond acceptors (Lipinski definition) is 2. The van der Waals surface area contributed by atoms with E-state index >= 15 is 0 Å². The van der Waals surface area contributed by atoms with Gasteiger partial charge in [-0.25, -0.2) is 4.79 Å². The van der Waals surface area contributed by atoms with E-state index in [0.717, 1.165) is 42.5 Å². The smallest absolute Gasteiger partial charge is 0.415 e. The highest BCUT2D eigenvalue weighted by Gasteiger charge is 2.48. The van der Waals surface area contributed by atoms with Gasteiger partial charge in [0.15, 0.2) is 0 Å². The monoisotopic (exact) mass is 296 g/mol. The van der Waals surface area contributed by atoms with E-state index in [1.54, 1.807) is 12.1 Å². The zero-order valence-corrected chi connectivity index (χ0v) is 12.0. The Morgan fingerprint density at radius 2 is 2.00 bits per heavy atom. The van der Waals surface area contributed by atoms with E-state index in [1.165, 1.54) is 10.8 Å². The standard InChI is InChI=1S/C17H16N2O3/c20-15-17(7-1-2-8-17)12-10-11(5-6-13(12)18-15)14-4-3-9-19(14)16(21)22/h3-6,9-10H,1-2,7-8H2,(H,18,20)(H,21,22). The SMILES string of the molecule is O=C(O)n1cccc1-c1ccc2c(c1)C1(CCCC1)C(=O)N2. The first-order chi connectivity index (χ1) is 10.6. The van der Waals surface area contributed by atoms with Crippen LogP contribution in [0.5, 0.6) is 0 Å². The number of amides is 1. The van der Waals surface area contributed by atoms with Crippen LogP contribution in [0, 0.1) is 0 Å². The third-order valence-corrected chi connectivity index (χ3v) is 4.93. The first kappa shape index (κ1) is 13.1. The summed E-state index contributed by atoms with van der Waals surface area (Å²) in [5, 5.41) is 12.2. The summed E-state index contributed by atoms with van der Waals surface area (Å²) in [6.45, 7) is 0. The lowest BCUT2D eigenvalue weighted by atomic mass is 9.79. The molecule has 5 heteroatoms. The van der Waals surface area contributed by atoms with Gasteiger partial charge >= 0.3 is 6.09 Å². The third kappa shape index (κ3) is 1.65. The van der Waals surface area contributed by atoms with Crippen LogP contribution in [-0.4, -0.2) is 21.7 Å². The number of carboxylic acid groups (broad SMARTS) is 1. The highest BCUT2D eigenvalue weighted by molar-refractivity contribution is 6.07. The number of fused-ring (bicyclic) bond motifs is 2. The van der Waals surface area contributed by atoms with Gasteiger partial charge in [-0.2, -0.15) is 0 Å². The summed E-state index contributed by atoms with van der Waals surface area (Å²) in [6.07, 6.45) is 4.38. The van der Waals surface area contributed by atoms with Crippen LogP contribution < -0.4 is 5.32 Å². The molecule has 1 aromatic heterocycles. The molecule has 2 aromatic rings. The summed E-state index contributed by atoms with van der Waals surface area (Å²) < 4.78 is 1.20. The van der Waals surface area contributed by atoms with Gasteiger partial charge in [0, 0.05) is 11.9 Å². The Labute approximate surface area is 127 Å². The predicted octanol–water partition coefficient (Wildman–Crippen LogP) is 3.45. The lowest BCUT2D eigenvalue weighted by molar-refractivity contribution is -0.120. The summed E-state index contributed by atoms with van der Waals surface area (Å²) in [6, 6.07) is 9.22. The third-order valence-electron chi connectivity index (χ3n) is 4.93. The molecule has 2 heterocycles. The van der Waals surface area contributed by atoms with Crippen molar-refractivity contribution in [1.29, 1.82) is 0 Å². The number of rotatable bonds is 1. The molecule has 1 spiro atoms. The minimum absolute atomic E-state index is 0.0887. The van der Waals surface area contributed by atoms with Gasteiger partial charge in [-0.3, -0.25) is 9.36 Å². The second-order valence-corrected chi connectivity index (χ2v) is 6.05. The van der Waals surface area contributed by atoms with Crippen molar-refractivity contribution in [3.63, 3.8) is 0 Å². The molecule has 1 aliphatic carbocycles. The maximum Gasteiger partial charge on any atom is 0.415 e. The quantitative estimate of drug-likeness (QED) is 0.846. The Bertz CT molecular complexity index is 785. The Morgan fingerprint density at radius 1 is 1.23 bits per heavy atom. The number of carbonyl (C=O) groups is 2. The number of nitrogens with one attached hydrogen (secondary N) is 1. The molecule has 112 valence electrons. The number of aromatic nitrogens is 1. The van der Waals surface area contributed by atoms with E-state index in [1.807, 2.05) is 18.2 Å². The van der Waals surface area contributed by atoms with E-state index in [9.17, 15) is 14.7 Å². The highest BCUT2D eigenvalue weighted by atomic mass is 16.4. The van der Waals surface area contributed by atoms with Gasteiger partial charge in [-0.05, 0) is 48.2 Å². The Balaban J connectivity index is 1.86. The lowest BCUT2D eigenvalue weighted by Crippen LogP contribution is -2.30. The molecule has 2 aliphatic rings. The fraction of sp³-hybridized carbons (Fsp3) is 0.294. The fourth-order valence-electron chi connectivity index (χ4n) is 3.83. The molecule has 1 saturated carbocycles. The summed E-state index contributed by atoms with van der Waals surface area (Å²) in [5.41, 5.74) is 2.93. The molecular formula is C17H16N2O3. The van der Waals surface area contributed by atoms with Crippen molar-refractivity contribution >= 4 is 17.7 Å². The van der Waals surface area contributed by atoms with Crippen LogP contribution in [0.2, 0.25) is 0 Å². The molecule has 0 saturated heterocycles. The van der Waals surface area contributed by atoms with Crippen molar-refractivity contribution < 1.29 is 14.7 Å². The minimum atomic E-state index is -1.01. The number of benzene rings is 1. The highest BCUT2D eigenvalue weighted by Crippen LogP contribution is 2.49. The second-order valence-electron chi connectivity index (χ2n) is 6.05. The first-order valence-electron chi connectivity index (χ1n) is 7.49. The molecule has 4 rings (SSSR count). The molecule has 0 radical (unpaired) electrons. The summed E-state index contributed by atoms with van der Waals surface area (Å²) in [4.78, 5) is 23.7. The van der Waals surface area contributed by atoms with E-state index < -0.39 is 11.5 Å². The Hall–Kier alpha value is -2.56. The van der Waals surface area contributed by atoms with Gasteiger partial charge in [0.2, 0.25) is 5.91 Å². The maximum atomic E-state index is 12.4. The van der Waals surface area contributed by atoms with Gasteiger partial charge in [-0.1, -0.05) is 18.9 Å². The number of anilines is 1. The molecule has 0 unspecified atom stereocenters. The largest absolute Gasteiger partial charge is 0.464 e. The van der Waals surface area contributed by atoms with Crippen molar-refractivity contribution in [2.75, 3.05) is 5.32 Å². The summed E-state index contributed by atoms with van der Waals surface area (Å²) in [5.74, 6) is 0.0887. The van der Waals surface area contributed by atoms with Crippen molar-refractivity contribution in [2.24, 2.45) is 0 Å². The summed E-state index contributed by atoms with van der Waals surface area (Å²) >= 11 is 0. The number of hydrogen-bond donors (Lipinski definition) is 2. The zero-order valence-electron chi connectivity index (χ0n) is 12.0. The summed E-state index contributed by atoms with van der Waals surface area (Å²) in [7, 11) is 0. The molecule has 1 amide bonds. The van der Waals surface area contributed by atoms with Crippen LogP contribution in [-0.2, 0) is 10.2 Å². The normalized spacial score (nSPS) is 18.5. The van der Waals surface area contributed by atoms with Crippen LogP contribution in [0.4, 0.5) is 10.5 Å². The molecule has 1 fully saturated rings. The van der Waals surface area contributed by atoms with Crippen molar-refractivity contribution in [3.05, 3.63) is 42.1 Å². The molecular weight excluding hydrogens is 280 g/mol. The molecule has 1 aromatic carbocycles. The van der Waals surface area contributed by atoms with Crippen LogP contribution in [0.25, 0.3) is 11.3 Å². The minimum Gasteiger partial charge on any atom is -0.464 e. The van der Waals surface area contributed by atoms with Gasteiger partial charge in [0.25, 0.3) is 0 Å². The number of carbonyl (C=O) groups excluding carboxylic acids is 1. The topological polar surface area (TPSA) is 71.3 Å². The van der Waals surface area contributed by atoms with Crippen LogP contribution in [0.1, 0.15) is 31.2 Å². The fourth-order valence-corrected chi connectivity index (χ4v) is 3.83. The molecule has 2 N–H and O–H groups in total. The maximum absolute atomic E-state index is 12.4. The average Bonchev–Trinajstić information content (AvgIpc) is 3.22. The first-order valence-corrected chi connectivity index (χ1v) is 7.49. The molecule has 5 nitrogen and oxygen atoms in total. The van der Waals surface area contributed by atoms with E-state index in [-0.39, 0.29) is 5.91 Å². The van der Waals surface area contributed by atoms with Crippen LogP contribution in [0.15, 0.2) is 36.5 Å². The lowest BCUT2D eigenvalue weighted by Gasteiger charge is -2.21. The van der Waals surface area contributed by atoms with Crippen LogP contribution >= 0.6 is 0 Å².